The summed E-state index contributed by atoms with van der Waals surface area (Å²) in [6.07, 6.45) is 1.39. The van der Waals surface area contributed by atoms with E-state index in [1.807, 2.05) is 30.3 Å². The minimum absolute atomic E-state index is 0.250. The summed E-state index contributed by atoms with van der Waals surface area (Å²) in [4.78, 5) is 12.6. The van der Waals surface area contributed by atoms with Crippen LogP contribution >= 0.6 is 0 Å². The zero-order valence-electron chi connectivity index (χ0n) is 12.9. The van der Waals surface area contributed by atoms with E-state index in [1.54, 1.807) is 0 Å². The number of carbonyl (C=O) groups is 1. The molecule has 1 nitrogen and oxygen atoms in total. The van der Waals surface area contributed by atoms with Crippen LogP contribution in [0.15, 0.2) is 84.9 Å². The molecule has 23 heavy (non-hydrogen) atoms. The topological polar surface area (TPSA) is 17.1 Å². The van der Waals surface area contributed by atoms with Crippen LogP contribution in [0.3, 0.4) is 0 Å². The van der Waals surface area contributed by atoms with Gasteiger partial charge in [0.05, 0.1) is 0 Å². The standard InChI is InChI=1S/C22H18O/c23-21-16-22(18-11-5-2-6-12-18,15-17-9-3-1-4-10-17)20-14-8-7-13-19(20)21/h1-14H,15-16H2. The van der Waals surface area contributed by atoms with Crippen LogP contribution in [-0.2, 0) is 11.8 Å². The van der Waals surface area contributed by atoms with Crippen LogP contribution in [0.2, 0.25) is 0 Å². The maximum Gasteiger partial charge on any atom is 0.164 e. The molecule has 0 saturated heterocycles. The summed E-state index contributed by atoms with van der Waals surface area (Å²) < 4.78 is 0. The van der Waals surface area contributed by atoms with Gasteiger partial charge in [-0.1, -0.05) is 84.9 Å². The minimum atomic E-state index is -0.254. The predicted octanol–water partition coefficient (Wildman–Crippen LogP) is 4.80. The third kappa shape index (κ3) is 2.29. The molecule has 3 aromatic rings. The Kier molecular flexibility index (Phi) is 3.34. The molecule has 0 heterocycles. The number of ketones is 1. The summed E-state index contributed by atoms with van der Waals surface area (Å²) >= 11 is 0. The first-order valence-electron chi connectivity index (χ1n) is 8.02. The smallest absolute Gasteiger partial charge is 0.164 e. The van der Waals surface area contributed by atoms with Crippen molar-refractivity contribution in [1.29, 1.82) is 0 Å². The van der Waals surface area contributed by atoms with Crippen LogP contribution < -0.4 is 0 Å². The molecule has 0 fully saturated rings. The summed E-state index contributed by atoms with van der Waals surface area (Å²) in [6, 6.07) is 29.0. The van der Waals surface area contributed by atoms with Gasteiger partial charge < -0.3 is 0 Å². The first-order chi connectivity index (χ1) is 11.3. The van der Waals surface area contributed by atoms with Gasteiger partial charge in [0.2, 0.25) is 0 Å². The van der Waals surface area contributed by atoms with Crippen LogP contribution in [0.4, 0.5) is 0 Å². The number of benzene rings is 3. The summed E-state index contributed by atoms with van der Waals surface area (Å²) in [5.74, 6) is 0.250. The summed E-state index contributed by atoms with van der Waals surface area (Å²) in [7, 11) is 0. The Labute approximate surface area is 136 Å². The number of fused-ring (bicyclic) bond motifs is 1. The SMILES string of the molecule is O=C1CC(Cc2ccccc2)(c2ccccc2)c2ccccc21. The van der Waals surface area contributed by atoms with Gasteiger partial charge in [0.15, 0.2) is 5.78 Å². The molecule has 4 rings (SSSR count). The zero-order valence-corrected chi connectivity index (χ0v) is 12.9. The fourth-order valence-electron chi connectivity index (χ4n) is 3.83. The van der Waals surface area contributed by atoms with Crippen LogP contribution in [0.5, 0.6) is 0 Å². The van der Waals surface area contributed by atoms with Gasteiger partial charge in [-0.15, -0.1) is 0 Å². The van der Waals surface area contributed by atoms with E-state index in [1.165, 1.54) is 16.7 Å². The van der Waals surface area contributed by atoms with Crippen molar-refractivity contribution in [1.82, 2.24) is 0 Å². The lowest BCUT2D eigenvalue weighted by Gasteiger charge is -2.31. The molecule has 0 bridgehead atoms. The number of hydrogen-bond donors (Lipinski definition) is 0. The average molecular weight is 298 g/mol. The van der Waals surface area contributed by atoms with Gasteiger partial charge in [-0.2, -0.15) is 0 Å². The van der Waals surface area contributed by atoms with E-state index in [0.717, 1.165) is 12.0 Å². The number of Topliss-reactive ketones (excluding diaryl/α,β-unsaturated/α-hetero) is 1. The Hall–Kier alpha value is -2.67. The molecule has 0 aromatic heterocycles. The van der Waals surface area contributed by atoms with Crippen LogP contribution in [0, 0.1) is 0 Å². The van der Waals surface area contributed by atoms with Gasteiger partial charge in [0.25, 0.3) is 0 Å². The van der Waals surface area contributed by atoms with Crippen molar-refractivity contribution in [3.8, 4) is 0 Å². The van der Waals surface area contributed by atoms with Crippen LogP contribution in [0.25, 0.3) is 0 Å². The van der Waals surface area contributed by atoms with Crippen LogP contribution in [0.1, 0.15) is 33.5 Å². The Bertz CT molecular complexity index is 836. The highest BCUT2D eigenvalue weighted by molar-refractivity contribution is 6.03. The molecule has 0 spiro atoms. The normalized spacial score (nSPS) is 19.6. The van der Waals surface area contributed by atoms with Crippen molar-refractivity contribution < 1.29 is 4.79 Å². The molecular weight excluding hydrogens is 280 g/mol. The average Bonchev–Trinajstić information content (AvgIpc) is 2.90. The third-order valence-electron chi connectivity index (χ3n) is 4.88. The maximum atomic E-state index is 12.6. The Morgan fingerprint density at radius 2 is 1.35 bits per heavy atom. The summed E-state index contributed by atoms with van der Waals surface area (Å²) in [6.45, 7) is 0. The molecule has 1 heteroatoms. The van der Waals surface area contributed by atoms with E-state index in [4.69, 9.17) is 0 Å². The van der Waals surface area contributed by atoms with Gasteiger partial charge in [0.1, 0.15) is 0 Å². The van der Waals surface area contributed by atoms with Gasteiger partial charge in [-0.05, 0) is 23.1 Å². The maximum absolute atomic E-state index is 12.6. The van der Waals surface area contributed by atoms with E-state index in [9.17, 15) is 4.79 Å². The quantitative estimate of drug-likeness (QED) is 0.678. The van der Waals surface area contributed by atoms with Gasteiger partial charge >= 0.3 is 0 Å². The molecule has 3 aromatic carbocycles. The molecule has 1 aliphatic carbocycles. The van der Waals surface area contributed by atoms with E-state index in [2.05, 4.69) is 54.6 Å². The van der Waals surface area contributed by atoms with Crippen molar-refractivity contribution in [3.05, 3.63) is 107 Å². The molecule has 112 valence electrons. The van der Waals surface area contributed by atoms with Crippen molar-refractivity contribution in [2.45, 2.75) is 18.3 Å². The molecular formula is C22H18O. The summed E-state index contributed by atoms with van der Waals surface area (Å²) in [5, 5.41) is 0. The van der Waals surface area contributed by atoms with E-state index < -0.39 is 0 Å². The summed E-state index contributed by atoms with van der Waals surface area (Å²) in [5.41, 5.74) is 4.28. The third-order valence-corrected chi connectivity index (χ3v) is 4.88. The lowest BCUT2D eigenvalue weighted by Crippen LogP contribution is -2.28. The Morgan fingerprint density at radius 3 is 2.09 bits per heavy atom. The molecule has 1 aliphatic rings. The first-order valence-corrected chi connectivity index (χ1v) is 8.02. The molecule has 0 amide bonds. The highest BCUT2D eigenvalue weighted by Gasteiger charge is 2.44. The number of rotatable bonds is 3. The predicted molar refractivity (Wildman–Crippen MR) is 92.8 cm³/mol. The van der Waals surface area contributed by atoms with Crippen molar-refractivity contribution >= 4 is 5.78 Å². The van der Waals surface area contributed by atoms with Gasteiger partial charge in [-0.25, -0.2) is 0 Å². The fourth-order valence-corrected chi connectivity index (χ4v) is 3.83. The van der Waals surface area contributed by atoms with Gasteiger partial charge in [0, 0.05) is 17.4 Å². The van der Waals surface area contributed by atoms with E-state index in [0.29, 0.717) is 6.42 Å². The fraction of sp³-hybridized carbons (Fsp3) is 0.136. The van der Waals surface area contributed by atoms with E-state index in [-0.39, 0.29) is 11.2 Å². The number of carbonyl (C=O) groups excluding carboxylic acids is 1. The highest BCUT2D eigenvalue weighted by Crippen LogP contribution is 2.46. The van der Waals surface area contributed by atoms with E-state index >= 15 is 0 Å². The van der Waals surface area contributed by atoms with Crippen molar-refractivity contribution in [2.75, 3.05) is 0 Å². The molecule has 1 atom stereocenters. The van der Waals surface area contributed by atoms with Crippen LogP contribution in [-0.4, -0.2) is 5.78 Å². The van der Waals surface area contributed by atoms with Gasteiger partial charge in [-0.3, -0.25) is 4.79 Å². The molecule has 0 aliphatic heterocycles. The molecule has 0 N–H and O–H groups in total. The second-order valence-electron chi connectivity index (χ2n) is 6.26. The second-order valence-corrected chi connectivity index (χ2v) is 6.26. The zero-order chi connectivity index (χ0) is 15.7. The van der Waals surface area contributed by atoms with Crippen molar-refractivity contribution in [3.63, 3.8) is 0 Å². The monoisotopic (exact) mass is 298 g/mol. The lowest BCUT2D eigenvalue weighted by atomic mass is 9.71. The molecule has 1 unspecified atom stereocenters. The molecule has 0 saturated carbocycles. The first kappa shape index (κ1) is 14.0. The van der Waals surface area contributed by atoms with Crippen molar-refractivity contribution in [2.24, 2.45) is 0 Å². The second kappa shape index (κ2) is 5.51. The lowest BCUT2D eigenvalue weighted by molar-refractivity contribution is 0.0979. The minimum Gasteiger partial charge on any atom is -0.294 e. The largest absolute Gasteiger partial charge is 0.294 e. The Morgan fingerprint density at radius 1 is 0.739 bits per heavy atom. The Balaban J connectivity index is 1.92. The molecule has 0 radical (unpaired) electrons. The highest BCUT2D eigenvalue weighted by atomic mass is 16.1. The number of hydrogen-bond acceptors (Lipinski definition) is 1.